The van der Waals surface area contributed by atoms with Gasteiger partial charge in [-0.15, -0.1) is 0 Å². The molecule has 0 aromatic carbocycles. The normalized spacial score (nSPS) is 13.1. The topological polar surface area (TPSA) is 47.1 Å². The fourth-order valence-corrected chi connectivity index (χ4v) is 3.11. The molecule has 0 bridgehead atoms. The van der Waals surface area contributed by atoms with Crippen molar-refractivity contribution in [1.29, 1.82) is 0 Å². The van der Waals surface area contributed by atoms with Gasteiger partial charge in [0.1, 0.15) is 5.82 Å². The van der Waals surface area contributed by atoms with Gasteiger partial charge in [0.15, 0.2) is 0 Å². The van der Waals surface area contributed by atoms with Gasteiger partial charge in [-0.3, -0.25) is 4.68 Å². The highest BCUT2D eigenvalue weighted by Crippen LogP contribution is 2.31. The standard InChI is InChI=1S/C13H26N4S/c1-7-10(8-18-6)16(4)13-11(14)12(9(2)3)15-17(13)5/h9-10H,7-8,14H2,1-6H3. The SMILES string of the molecule is CCC(CSC)N(C)c1c(N)c(C(C)C)nn1C. The van der Waals surface area contributed by atoms with Crippen molar-refractivity contribution in [2.24, 2.45) is 7.05 Å². The van der Waals surface area contributed by atoms with Crippen LogP contribution in [0.5, 0.6) is 0 Å². The van der Waals surface area contributed by atoms with Gasteiger partial charge in [-0.2, -0.15) is 16.9 Å². The van der Waals surface area contributed by atoms with Crippen molar-refractivity contribution < 1.29 is 0 Å². The predicted molar refractivity (Wildman–Crippen MR) is 82.6 cm³/mol. The van der Waals surface area contributed by atoms with Gasteiger partial charge in [0.2, 0.25) is 0 Å². The summed E-state index contributed by atoms with van der Waals surface area (Å²) >= 11 is 1.87. The third kappa shape index (κ3) is 2.94. The first-order chi connectivity index (χ1) is 8.43. The smallest absolute Gasteiger partial charge is 0.150 e. The average Bonchev–Trinajstić information content (AvgIpc) is 2.61. The number of aromatic nitrogens is 2. The summed E-state index contributed by atoms with van der Waals surface area (Å²) in [6.07, 6.45) is 3.25. The number of nitrogens with zero attached hydrogens (tertiary/aromatic N) is 3. The minimum absolute atomic E-state index is 0.360. The van der Waals surface area contributed by atoms with Crippen molar-refractivity contribution in [3.63, 3.8) is 0 Å². The Morgan fingerprint density at radius 3 is 2.44 bits per heavy atom. The molecule has 1 atom stereocenters. The fourth-order valence-electron chi connectivity index (χ4n) is 2.27. The van der Waals surface area contributed by atoms with Crippen molar-refractivity contribution in [2.75, 3.05) is 29.7 Å². The van der Waals surface area contributed by atoms with Crippen molar-refractivity contribution >= 4 is 23.3 Å². The Bertz CT molecular complexity index is 387. The van der Waals surface area contributed by atoms with Gasteiger partial charge < -0.3 is 10.6 Å². The first-order valence-corrected chi connectivity index (χ1v) is 7.87. The molecule has 18 heavy (non-hydrogen) atoms. The maximum absolute atomic E-state index is 6.26. The average molecular weight is 270 g/mol. The molecule has 1 rings (SSSR count). The molecule has 2 N–H and O–H groups in total. The molecular formula is C13H26N4S. The van der Waals surface area contributed by atoms with Crippen LogP contribution >= 0.6 is 11.8 Å². The van der Waals surface area contributed by atoms with Crippen molar-refractivity contribution in [1.82, 2.24) is 9.78 Å². The van der Waals surface area contributed by atoms with E-state index in [1.54, 1.807) is 0 Å². The van der Waals surface area contributed by atoms with Gasteiger partial charge in [-0.05, 0) is 18.6 Å². The maximum atomic E-state index is 6.26. The van der Waals surface area contributed by atoms with Gasteiger partial charge >= 0.3 is 0 Å². The molecule has 0 aliphatic rings. The lowest BCUT2D eigenvalue weighted by molar-refractivity contribution is 0.633. The second-order valence-electron chi connectivity index (χ2n) is 5.03. The van der Waals surface area contributed by atoms with Crippen LogP contribution in [0.4, 0.5) is 11.5 Å². The number of hydrogen-bond donors (Lipinski definition) is 1. The lowest BCUT2D eigenvalue weighted by Crippen LogP contribution is -2.35. The number of nitrogens with two attached hydrogens (primary N) is 1. The third-order valence-electron chi connectivity index (χ3n) is 3.34. The van der Waals surface area contributed by atoms with Gasteiger partial charge in [0, 0.05) is 25.9 Å². The van der Waals surface area contributed by atoms with Crippen LogP contribution in [-0.4, -0.2) is 34.9 Å². The highest BCUT2D eigenvalue weighted by atomic mass is 32.2. The zero-order valence-corrected chi connectivity index (χ0v) is 13.2. The highest BCUT2D eigenvalue weighted by molar-refractivity contribution is 7.98. The van der Waals surface area contributed by atoms with E-state index in [9.17, 15) is 0 Å². The number of thioether (sulfide) groups is 1. The van der Waals surface area contributed by atoms with Crippen molar-refractivity contribution in [3.8, 4) is 0 Å². The van der Waals surface area contributed by atoms with E-state index in [0.29, 0.717) is 12.0 Å². The molecule has 0 saturated heterocycles. The number of anilines is 2. The van der Waals surface area contributed by atoms with Crippen LogP contribution in [-0.2, 0) is 7.05 Å². The van der Waals surface area contributed by atoms with E-state index >= 15 is 0 Å². The lowest BCUT2D eigenvalue weighted by Gasteiger charge is -2.29. The minimum atomic E-state index is 0.360. The van der Waals surface area contributed by atoms with Crippen LogP contribution in [0.15, 0.2) is 0 Å². The Balaban J connectivity index is 3.08. The summed E-state index contributed by atoms with van der Waals surface area (Å²) < 4.78 is 1.91. The van der Waals surface area contributed by atoms with Gasteiger partial charge in [0.25, 0.3) is 0 Å². The molecule has 0 saturated carbocycles. The van der Waals surface area contributed by atoms with Crippen LogP contribution in [0.1, 0.15) is 38.8 Å². The quantitative estimate of drug-likeness (QED) is 0.863. The number of rotatable bonds is 6. The number of hydrogen-bond acceptors (Lipinski definition) is 4. The predicted octanol–water partition coefficient (Wildman–Crippen LogP) is 2.70. The number of nitrogen functional groups attached to an aromatic ring is 1. The fraction of sp³-hybridized carbons (Fsp3) is 0.769. The van der Waals surface area contributed by atoms with Gasteiger partial charge in [0.05, 0.1) is 11.4 Å². The molecule has 0 spiro atoms. The molecule has 5 heteroatoms. The van der Waals surface area contributed by atoms with E-state index in [0.717, 1.165) is 29.4 Å². The summed E-state index contributed by atoms with van der Waals surface area (Å²) in [6.45, 7) is 6.47. The Kier molecular flexibility index (Phi) is 5.38. The molecule has 4 nitrogen and oxygen atoms in total. The van der Waals surface area contributed by atoms with E-state index in [1.165, 1.54) is 0 Å². The molecule has 1 heterocycles. The molecular weight excluding hydrogens is 244 g/mol. The summed E-state index contributed by atoms with van der Waals surface area (Å²) in [7, 11) is 4.09. The zero-order chi connectivity index (χ0) is 13.9. The second-order valence-corrected chi connectivity index (χ2v) is 5.94. The lowest BCUT2D eigenvalue weighted by atomic mass is 10.1. The summed E-state index contributed by atoms with van der Waals surface area (Å²) in [5.74, 6) is 2.51. The first-order valence-electron chi connectivity index (χ1n) is 6.48. The maximum Gasteiger partial charge on any atom is 0.150 e. The molecule has 1 unspecified atom stereocenters. The van der Waals surface area contributed by atoms with Crippen molar-refractivity contribution in [2.45, 2.75) is 39.2 Å². The summed E-state index contributed by atoms with van der Waals surface area (Å²) in [5, 5.41) is 4.55. The van der Waals surface area contributed by atoms with E-state index in [4.69, 9.17) is 5.73 Å². The Morgan fingerprint density at radius 1 is 1.44 bits per heavy atom. The van der Waals surface area contributed by atoms with E-state index in [-0.39, 0.29) is 0 Å². The molecule has 0 aliphatic carbocycles. The highest BCUT2D eigenvalue weighted by Gasteiger charge is 2.22. The van der Waals surface area contributed by atoms with Crippen molar-refractivity contribution in [3.05, 3.63) is 5.69 Å². The molecule has 104 valence electrons. The molecule has 1 aromatic rings. The first kappa shape index (κ1) is 15.2. The van der Waals surface area contributed by atoms with Crippen LogP contribution in [0.25, 0.3) is 0 Å². The van der Waals surface area contributed by atoms with Crippen LogP contribution < -0.4 is 10.6 Å². The van der Waals surface area contributed by atoms with Crippen LogP contribution in [0, 0.1) is 0 Å². The molecule has 1 aromatic heterocycles. The molecule has 0 fully saturated rings. The molecule has 0 aliphatic heterocycles. The Labute approximate surface area is 115 Å². The van der Waals surface area contributed by atoms with Crippen LogP contribution in [0.3, 0.4) is 0 Å². The zero-order valence-electron chi connectivity index (χ0n) is 12.4. The second kappa shape index (κ2) is 6.36. The van der Waals surface area contributed by atoms with E-state index in [2.05, 4.69) is 44.1 Å². The molecule has 0 radical (unpaired) electrons. The van der Waals surface area contributed by atoms with E-state index in [1.807, 2.05) is 23.5 Å². The summed E-state index contributed by atoms with van der Waals surface area (Å²) in [6, 6.07) is 0.498. The number of aryl methyl sites for hydroxylation is 1. The van der Waals surface area contributed by atoms with Crippen LogP contribution in [0.2, 0.25) is 0 Å². The minimum Gasteiger partial charge on any atom is -0.394 e. The van der Waals surface area contributed by atoms with E-state index < -0.39 is 0 Å². The van der Waals surface area contributed by atoms with Gasteiger partial charge in [-0.25, -0.2) is 0 Å². The largest absolute Gasteiger partial charge is 0.394 e. The van der Waals surface area contributed by atoms with Gasteiger partial charge in [-0.1, -0.05) is 20.8 Å². The molecule has 0 amide bonds. The summed E-state index contributed by atoms with van der Waals surface area (Å²) in [5.41, 5.74) is 8.09. The third-order valence-corrected chi connectivity index (χ3v) is 4.06. The Hall–Kier alpha value is -0.840. The monoisotopic (exact) mass is 270 g/mol. The summed E-state index contributed by atoms with van der Waals surface area (Å²) in [4.78, 5) is 2.27. The Morgan fingerprint density at radius 2 is 2.06 bits per heavy atom.